The van der Waals surface area contributed by atoms with E-state index in [1.807, 2.05) is 19.4 Å². The predicted octanol–water partition coefficient (Wildman–Crippen LogP) is 1.60. The van der Waals surface area contributed by atoms with Crippen LogP contribution in [0.25, 0.3) is 0 Å². The molecule has 2 aliphatic rings. The Kier molecular flexibility index (Phi) is 4.02. The number of amides is 1. The van der Waals surface area contributed by atoms with Gasteiger partial charge < -0.3 is 14.6 Å². The van der Waals surface area contributed by atoms with Gasteiger partial charge in [-0.3, -0.25) is 4.79 Å². The Morgan fingerprint density at radius 2 is 2.24 bits per heavy atom. The van der Waals surface area contributed by atoms with E-state index in [0.717, 1.165) is 44.5 Å². The lowest BCUT2D eigenvalue weighted by molar-refractivity contribution is -0.154. The summed E-state index contributed by atoms with van der Waals surface area (Å²) in [6.07, 6.45) is 10.1. The number of carbonyl (C=O) groups is 1. The molecule has 1 aromatic rings. The second kappa shape index (κ2) is 5.79. The van der Waals surface area contributed by atoms with E-state index in [0.29, 0.717) is 25.3 Å². The van der Waals surface area contributed by atoms with Crippen LogP contribution in [0.5, 0.6) is 0 Å². The molecule has 1 aliphatic heterocycles. The zero-order chi connectivity index (χ0) is 14.9. The fraction of sp³-hybridized carbons (Fsp3) is 0.750. The van der Waals surface area contributed by atoms with Gasteiger partial charge in [0.05, 0.1) is 0 Å². The van der Waals surface area contributed by atoms with Crippen molar-refractivity contribution >= 4 is 5.91 Å². The number of hydrogen-bond acceptors (Lipinski definition) is 3. The topological polar surface area (TPSA) is 58.4 Å². The first-order chi connectivity index (χ1) is 10.1. The van der Waals surface area contributed by atoms with E-state index < -0.39 is 5.60 Å². The normalized spacial score (nSPS) is 24.4. The van der Waals surface area contributed by atoms with Gasteiger partial charge in [-0.2, -0.15) is 0 Å². The van der Waals surface area contributed by atoms with Crippen LogP contribution in [0.3, 0.4) is 0 Å². The molecule has 5 heteroatoms. The molecule has 0 saturated heterocycles. The van der Waals surface area contributed by atoms with Crippen molar-refractivity contribution in [3.63, 3.8) is 0 Å². The van der Waals surface area contributed by atoms with Crippen molar-refractivity contribution < 1.29 is 9.90 Å². The number of imidazole rings is 1. The van der Waals surface area contributed by atoms with Crippen LogP contribution >= 0.6 is 0 Å². The van der Waals surface area contributed by atoms with Gasteiger partial charge in [0, 0.05) is 39.0 Å². The van der Waals surface area contributed by atoms with Gasteiger partial charge in [0.2, 0.25) is 0 Å². The van der Waals surface area contributed by atoms with Gasteiger partial charge in [-0.1, -0.05) is 19.3 Å². The highest BCUT2D eigenvalue weighted by molar-refractivity contribution is 5.84. The molecule has 1 N–H and O–H groups in total. The van der Waals surface area contributed by atoms with Crippen LogP contribution in [-0.4, -0.2) is 44.7 Å². The highest BCUT2D eigenvalue weighted by Crippen LogP contribution is 2.30. The predicted molar refractivity (Wildman–Crippen MR) is 79.7 cm³/mol. The number of fused-ring (bicyclic) bond motifs is 1. The molecule has 2 heterocycles. The summed E-state index contributed by atoms with van der Waals surface area (Å²) in [6.45, 7) is 1.69. The summed E-state index contributed by atoms with van der Waals surface area (Å²) in [5.41, 5.74) is -1.11. The van der Waals surface area contributed by atoms with E-state index in [4.69, 9.17) is 0 Å². The fourth-order valence-electron chi connectivity index (χ4n) is 3.75. The number of aryl methyl sites for hydroxylation is 1. The standard InChI is InChI=1S/C16H25N3O2/c1-18(15(20)16(21)6-3-2-4-7-16)12-13-5-9-19-10-8-17-14(19)11-13/h8,10,13,21H,2-7,9,11-12H2,1H3/t13-/m1/s1. The van der Waals surface area contributed by atoms with Crippen molar-refractivity contribution in [3.8, 4) is 0 Å². The van der Waals surface area contributed by atoms with E-state index in [-0.39, 0.29) is 5.91 Å². The van der Waals surface area contributed by atoms with E-state index in [2.05, 4.69) is 9.55 Å². The van der Waals surface area contributed by atoms with Crippen LogP contribution in [0.1, 0.15) is 44.3 Å². The minimum Gasteiger partial charge on any atom is -0.380 e. The maximum Gasteiger partial charge on any atom is 0.254 e. The van der Waals surface area contributed by atoms with E-state index in [9.17, 15) is 9.90 Å². The minimum absolute atomic E-state index is 0.0869. The summed E-state index contributed by atoms with van der Waals surface area (Å²) in [5.74, 6) is 1.47. The van der Waals surface area contributed by atoms with Crippen molar-refractivity contribution in [1.29, 1.82) is 0 Å². The molecule has 1 aromatic heterocycles. The van der Waals surface area contributed by atoms with Crippen LogP contribution in [0.2, 0.25) is 0 Å². The second-order valence-corrected chi connectivity index (χ2v) is 6.67. The Morgan fingerprint density at radius 1 is 1.48 bits per heavy atom. The van der Waals surface area contributed by atoms with Crippen molar-refractivity contribution in [3.05, 3.63) is 18.2 Å². The second-order valence-electron chi connectivity index (χ2n) is 6.67. The summed E-state index contributed by atoms with van der Waals surface area (Å²) < 4.78 is 2.19. The number of nitrogens with zero attached hydrogens (tertiary/aromatic N) is 3. The largest absolute Gasteiger partial charge is 0.380 e. The first-order valence-corrected chi connectivity index (χ1v) is 8.06. The minimum atomic E-state index is -1.11. The van der Waals surface area contributed by atoms with Crippen LogP contribution in [0, 0.1) is 5.92 Å². The van der Waals surface area contributed by atoms with Gasteiger partial charge in [-0.25, -0.2) is 4.98 Å². The smallest absolute Gasteiger partial charge is 0.254 e. The zero-order valence-electron chi connectivity index (χ0n) is 12.8. The molecular weight excluding hydrogens is 266 g/mol. The number of aliphatic hydroxyl groups is 1. The molecule has 21 heavy (non-hydrogen) atoms. The first kappa shape index (κ1) is 14.6. The van der Waals surface area contributed by atoms with E-state index in [1.54, 1.807) is 4.90 Å². The van der Waals surface area contributed by atoms with Crippen molar-refractivity contribution in [2.45, 2.75) is 57.1 Å². The number of carbonyl (C=O) groups excluding carboxylic acids is 1. The number of likely N-dealkylation sites (N-methyl/N-ethyl adjacent to an activating group) is 1. The molecule has 0 radical (unpaired) electrons. The highest BCUT2D eigenvalue weighted by atomic mass is 16.3. The molecule has 1 aliphatic carbocycles. The van der Waals surface area contributed by atoms with Crippen LogP contribution in [0.4, 0.5) is 0 Å². The molecular formula is C16H25N3O2. The number of rotatable bonds is 3. The summed E-state index contributed by atoms with van der Waals surface area (Å²) in [5, 5.41) is 10.6. The lowest BCUT2D eigenvalue weighted by Gasteiger charge is -2.36. The molecule has 1 amide bonds. The molecule has 1 fully saturated rings. The van der Waals surface area contributed by atoms with Crippen LogP contribution < -0.4 is 0 Å². The van der Waals surface area contributed by atoms with E-state index in [1.165, 1.54) is 0 Å². The summed E-state index contributed by atoms with van der Waals surface area (Å²) >= 11 is 0. The molecule has 116 valence electrons. The Labute approximate surface area is 126 Å². The molecule has 0 unspecified atom stereocenters. The van der Waals surface area contributed by atoms with Crippen LogP contribution in [-0.2, 0) is 17.8 Å². The summed E-state index contributed by atoms with van der Waals surface area (Å²) in [4.78, 5) is 18.7. The molecule has 5 nitrogen and oxygen atoms in total. The third kappa shape index (κ3) is 2.98. The van der Waals surface area contributed by atoms with Crippen molar-refractivity contribution in [2.75, 3.05) is 13.6 Å². The average molecular weight is 291 g/mol. The number of aromatic nitrogens is 2. The Hall–Kier alpha value is -1.36. The average Bonchev–Trinajstić information content (AvgIpc) is 2.94. The van der Waals surface area contributed by atoms with Gasteiger partial charge in [-0.05, 0) is 25.2 Å². The maximum atomic E-state index is 12.5. The van der Waals surface area contributed by atoms with Crippen LogP contribution in [0.15, 0.2) is 12.4 Å². The maximum absolute atomic E-state index is 12.5. The molecule has 1 atom stereocenters. The third-order valence-corrected chi connectivity index (χ3v) is 5.01. The van der Waals surface area contributed by atoms with Gasteiger partial charge in [0.1, 0.15) is 11.4 Å². The van der Waals surface area contributed by atoms with Crippen molar-refractivity contribution in [1.82, 2.24) is 14.5 Å². The summed E-state index contributed by atoms with van der Waals surface area (Å²) in [6, 6.07) is 0. The van der Waals surface area contributed by atoms with Crippen molar-refractivity contribution in [2.24, 2.45) is 5.92 Å². The molecule has 0 bridgehead atoms. The van der Waals surface area contributed by atoms with Gasteiger partial charge in [0.15, 0.2) is 0 Å². The van der Waals surface area contributed by atoms with Gasteiger partial charge in [0.25, 0.3) is 5.91 Å². The molecule has 3 rings (SSSR count). The Balaban J connectivity index is 1.59. The van der Waals surface area contributed by atoms with E-state index >= 15 is 0 Å². The quantitative estimate of drug-likeness (QED) is 0.920. The first-order valence-electron chi connectivity index (χ1n) is 8.06. The molecule has 0 spiro atoms. The monoisotopic (exact) mass is 291 g/mol. The SMILES string of the molecule is CN(C[C@@H]1CCn2ccnc2C1)C(=O)C1(O)CCCCC1. The lowest BCUT2D eigenvalue weighted by atomic mass is 9.83. The lowest BCUT2D eigenvalue weighted by Crippen LogP contribution is -2.50. The summed E-state index contributed by atoms with van der Waals surface area (Å²) in [7, 11) is 1.83. The molecule has 0 aromatic carbocycles. The third-order valence-electron chi connectivity index (χ3n) is 5.01. The fourth-order valence-corrected chi connectivity index (χ4v) is 3.75. The highest BCUT2D eigenvalue weighted by Gasteiger charge is 2.39. The molecule has 1 saturated carbocycles. The Morgan fingerprint density at radius 3 is 3.00 bits per heavy atom. The Bertz CT molecular complexity index is 505. The zero-order valence-corrected chi connectivity index (χ0v) is 12.8. The number of hydrogen-bond donors (Lipinski definition) is 1. The van der Waals surface area contributed by atoms with Gasteiger partial charge in [-0.15, -0.1) is 0 Å². The van der Waals surface area contributed by atoms with Gasteiger partial charge >= 0.3 is 0 Å².